The molecule has 1 aliphatic rings. The van der Waals surface area contributed by atoms with Crippen molar-refractivity contribution >= 4 is 23.1 Å². The second-order valence-corrected chi connectivity index (χ2v) is 7.09. The number of nitrogens with one attached hydrogen (secondary N) is 1. The fraction of sp³-hybridized carbons (Fsp3) is 0.211. The van der Waals surface area contributed by atoms with Crippen molar-refractivity contribution in [3.63, 3.8) is 0 Å². The molecule has 2 aromatic carbocycles. The van der Waals surface area contributed by atoms with E-state index in [4.69, 9.17) is 11.6 Å². The van der Waals surface area contributed by atoms with Crippen LogP contribution in [0.1, 0.15) is 16.7 Å². The van der Waals surface area contributed by atoms with Gasteiger partial charge in [-0.05, 0) is 31.0 Å². The van der Waals surface area contributed by atoms with Gasteiger partial charge in [0.15, 0.2) is 0 Å². The lowest BCUT2D eigenvalue weighted by molar-refractivity contribution is -0.384. The number of hydrogen-bond acceptors (Lipinski definition) is 4. The number of benzene rings is 2. The first-order chi connectivity index (χ1) is 13.7. The number of rotatable bonds is 3. The summed E-state index contributed by atoms with van der Waals surface area (Å²) in [5, 5.41) is 18.5. The number of alkyl halides is 3. The van der Waals surface area contributed by atoms with E-state index in [1.807, 2.05) is 0 Å². The first-order valence-corrected chi connectivity index (χ1v) is 9.03. The van der Waals surface area contributed by atoms with E-state index >= 15 is 0 Å². The van der Waals surface area contributed by atoms with Crippen LogP contribution in [0.2, 0.25) is 5.02 Å². The van der Waals surface area contributed by atoms with Gasteiger partial charge in [-0.25, -0.2) is 4.68 Å². The number of nitrogens with zero attached hydrogens (tertiary/aromatic N) is 3. The SMILES string of the molecule is Cc1ccc([N+](=O)[O-])cc1-n1nc(-c2ccc(Cl)c(C(F)(F)F)c2)c2c1NCC2. The average Bonchev–Trinajstić information content (AvgIpc) is 3.24. The molecule has 3 aromatic rings. The van der Waals surface area contributed by atoms with Crippen LogP contribution >= 0.6 is 11.6 Å². The van der Waals surface area contributed by atoms with E-state index in [0.29, 0.717) is 30.2 Å². The van der Waals surface area contributed by atoms with Crippen molar-refractivity contribution in [3.05, 3.63) is 68.2 Å². The van der Waals surface area contributed by atoms with Gasteiger partial charge >= 0.3 is 6.18 Å². The lowest BCUT2D eigenvalue weighted by Gasteiger charge is -2.11. The number of anilines is 1. The molecule has 150 valence electrons. The van der Waals surface area contributed by atoms with Crippen LogP contribution in [-0.4, -0.2) is 21.2 Å². The fourth-order valence-electron chi connectivity index (χ4n) is 3.41. The molecular formula is C19H14ClF3N4O2. The molecule has 1 aromatic heterocycles. The molecule has 0 unspecified atom stereocenters. The quantitative estimate of drug-likeness (QED) is 0.453. The summed E-state index contributed by atoms with van der Waals surface area (Å²) in [6, 6.07) is 8.07. The number of aromatic nitrogens is 2. The smallest absolute Gasteiger partial charge is 0.369 e. The number of nitro groups is 1. The van der Waals surface area contributed by atoms with E-state index in [-0.39, 0.29) is 16.3 Å². The third-order valence-corrected chi connectivity index (χ3v) is 5.16. The Bertz CT molecular complexity index is 1140. The zero-order valence-corrected chi connectivity index (χ0v) is 15.8. The number of fused-ring (bicyclic) bond motifs is 1. The van der Waals surface area contributed by atoms with Crippen molar-refractivity contribution in [2.24, 2.45) is 0 Å². The molecule has 1 N–H and O–H groups in total. The van der Waals surface area contributed by atoms with Gasteiger partial charge in [0.25, 0.3) is 5.69 Å². The van der Waals surface area contributed by atoms with Gasteiger partial charge in [-0.2, -0.15) is 18.3 Å². The van der Waals surface area contributed by atoms with Crippen molar-refractivity contribution in [2.75, 3.05) is 11.9 Å². The second-order valence-electron chi connectivity index (χ2n) is 6.68. The molecule has 0 radical (unpaired) electrons. The van der Waals surface area contributed by atoms with Crippen molar-refractivity contribution in [1.29, 1.82) is 0 Å². The van der Waals surface area contributed by atoms with E-state index in [2.05, 4.69) is 10.4 Å². The highest BCUT2D eigenvalue weighted by atomic mass is 35.5. The van der Waals surface area contributed by atoms with Gasteiger partial charge in [0.1, 0.15) is 5.82 Å². The highest BCUT2D eigenvalue weighted by Crippen LogP contribution is 2.40. The Kier molecular flexibility index (Phi) is 4.49. The van der Waals surface area contributed by atoms with E-state index in [0.717, 1.165) is 17.2 Å². The highest BCUT2D eigenvalue weighted by Gasteiger charge is 2.34. The van der Waals surface area contributed by atoms with Crippen LogP contribution in [0.4, 0.5) is 24.7 Å². The number of nitro benzene ring substituents is 1. The Morgan fingerprint density at radius 1 is 1.24 bits per heavy atom. The summed E-state index contributed by atoms with van der Waals surface area (Å²) < 4.78 is 41.3. The van der Waals surface area contributed by atoms with Gasteiger partial charge in [-0.1, -0.05) is 23.7 Å². The summed E-state index contributed by atoms with van der Waals surface area (Å²) in [5.41, 5.74) is 1.62. The summed E-state index contributed by atoms with van der Waals surface area (Å²) in [4.78, 5) is 10.7. The molecule has 0 saturated heterocycles. The van der Waals surface area contributed by atoms with E-state index < -0.39 is 16.7 Å². The molecule has 0 saturated carbocycles. The molecule has 6 nitrogen and oxygen atoms in total. The largest absolute Gasteiger partial charge is 0.417 e. The number of halogens is 4. The van der Waals surface area contributed by atoms with Gasteiger partial charge in [-0.3, -0.25) is 10.1 Å². The zero-order valence-electron chi connectivity index (χ0n) is 15.0. The Balaban J connectivity index is 1.90. The van der Waals surface area contributed by atoms with Crippen molar-refractivity contribution in [1.82, 2.24) is 9.78 Å². The molecule has 29 heavy (non-hydrogen) atoms. The molecule has 0 bridgehead atoms. The summed E-state index contributed by atoms with van der Waals surface area (Å²) >= 11 is 5.73. The van der Waals surface area contributed by atoms with Gasteiger partial charge in [-0.15, -0.1) is 0 Å². The fourth-order valence-corrected chi connectivity index (χ4v) is 3.63. The number of aryl methyl sites for hydroxylation is 1. The van der Waals surface area contributed by atoms with Gasteiger partial charge in [0.2, 0.25) is 0 Å². The van der Waals surface area contributed by atoms with E-state index in [9.17, 15) is 23.3 Å². The molecule has 2 heterocycles. The Morgan fingerprint density at radius 2 is 2.00 bits per heavy atom. The van der Waals surface area contributed by atoms with Crippen molar-refractivity contribution in [2.45, 2.75) is 19.5 Å². The molecule has 0 aliphatic carbocycles. The summed E-state index contributed by atoms with van der Waals surface area (Å²) in [6.07, 6.45) is -4.02. The van der Waals surface area contributed by atoms with Crippen LogP contribution in [0.15, 0.2) is 36.4 Å². The van der Waals surface area contributed by atoms with Crippen molar-refractivity contribution in [3.8, 4) is 16.9 Å². The maximum atomic E-state index is 13.3. The lowest BCUT2D eigenvalue weighted by Crippen LogP contribution is -2.07. The van der Waals surface area contributed by atoms with Crippen LogP contribution in [0.25, 0.3) is 16.9 Å². The zero-order chi connectivity index (χ0) is 20.9. The average molecular weight is 423 g/mol. The van der Waals surface area contributed by atoms with Crippen LogP contribution in [0.3, 0.4) is 0 Å². The molecule has 0 spiro atoms. The maximum absolute atomic E-state index is 13.3. The standard InChI is InChI=1S/C19H14ClF3N4O2/c1-10-2-4-12(27(28)29)9-16(10)26-18-13(6-7-24-18)17(25-26)11-3-5-15(20)14(8-11)19(21,22)23/h2-5,8-9,24H,6-7H2,1H3. The molecule has 10 heteroatoms. The Morgan fingerprint density at radius 3 is 2.69 bits per heavy atom. The van der Waals surface area contributed by atoms with E-state index in [1.54, 1.807) is 13.0 Å². The van der Waals surface area contributed by atoms with Crippen LogP contribution in [0.5, 0.6) is 0 Å². The Labute approximate surface area is 168 Å². The first-order valence-electron chi connectivity index (χ1n) is 8.65. The Hall–Kier alpha value is -3.07. The lowest BCUT2D eigenvalue weighted by atomic mass is 10.0. The molecule has 1 aliphatic heterocycles. The minimum Gasteiger partial charge on any atom is -0.369 e. The highest BCUT2D eigenvalue weighted by molar-refractivity contribution is 6.31. The van der Waals surface area contributed by atoms with E-state index in [1.165, 1.54) is 28.9 Å². The minimum atomic E-state index is -4.59. The molecule has 0 fully saturated rings. The third kappa shape index (κ3) is 3.31. The number of non-ortho nitro benzene ring substituents is 1. The molecular weight excluding hydrogens is 409 g/mol. The monoisotopic (exact) mass is 422 g/mol. The van der Waals surface area contributed by atoms with Gasteiger partial charge < -0.3 is 5.32 Å². The van der Waals surface area contributed by atoms with Crippen LogP contribution in [-0.2, 0) is 12.6 Å². The maximum Gasteiger partial charge on any atom is 0.417 e. The summed E-state index contributed by atoms with van der Waals surface area (Å²) in [5.74, 6) is 0.618. The van der Waals surface area contributed by atoms with Crippen molar-refractivity contribution < 1.29 is 18.1 Å². The molecule has 0 amide bonds. The normalized spacial score (nSPS) is 13.3. The first kappa shape index (κ1) is 19.3. The minimum absolute atomic E-state index is 0.0970. The third-order valence-electron chi connectivity index (χ3n) is 4.83. The molecule has 0 atom stereocenters. The topological polar surface area (TPSA) is 73.0 Å². The predicted octanol–water partition coefficient (Wildman–Crippen LogP) is 5.40. The van der Waals surface area contributed by atoms with Gasteiger partial charge in [0.05, 0.1) is 26.9 Å². The van der Waals surface area contributed by atoms with Gasteiger partial charge in [0, 0.05) is 29.8 Å². The van der Waals surface area contributed by atoms with Crippen LogP contribution < -0.4 is 5.32 Å². The summed E-state index contributed by atoms with van der Waals surface area (Å²) in [7, 11) is 0. The number of hydrogen-bond donors (Lipinski definition) is 1. The van der Waals surface area contributed by atoms with Crippen LogP contribution in [0, 0.1) is 17.0 Å². The predicted molar refractivity (Wildman–Crippen MR) is 103 cm³/mol. The molecule has 4 rings (SSSR count). The summed E-state index contributed by atoms with van der Waals surface area (Å²) in [6.45, 7) is 2.37. The second kappa shape index (κ2) is 6.77.